The monoisotopic (exact) mass is 558 g/mol. The van der Waals surface area contributed by atoms with E-state index in [1.54, 1.807) is 0 Å². The van der Waals surface area contributed by atoms with E-state index in [-0.39, 0.29) is 0 Å². The average Bonchev–Trinajstić information content (AvgIpc) is 3.57. The van der Waals surface area contributed by atoms with Gasteiger partial charge in [-0.3, -0.25) is 0 Å². The van der Waals surface area contributed by atoms with Crippen LogP contribution >= 0.6 is 0 Å². The third-order valence-corrected chi connectivity index (χ3v) is 9.46. The summed E-state index contributed by atoms with van der Waals surface area (Å²) in [5.41, 5.74) is 14.9. The van der Waals surface area contributed by atoms with Gasteiger partial charge in [-0.1, -0.05) is 109 Å². The number of benzene rings is 7. The highest BCUT2D eigenvalue weighted by Gasteiger charge is 2.24. The lowest BCUT2D eigenvalue weighted by Crippen LogP contribution is -1.96. The molecular formula is C42H26N2. The van der Waals surface area contributed by atoms with Crippen molar-refractivity contribution < 1.29 is 0 Å². The van der Waals surface area contributed by atoms with E-state index in [0.29, 0.717) is 0 Å². The maximum Gasteiger partial charge on any atom is 0.0619 e. The van der Waals surface area contributed by atoms with Gasteiger partial charge in [-0.15, -0.1) is 0 Å². The van der Waals surface area contributed by atoms with Crippen LogP contribution in [0, 0.1) is 0 Å². The molecule has 0 radical (unpaired) electrons. The number of nitrogens with zero attached hydrogens (tertiary/aromatic N) is 2. The number of rotatable bonds is 2. The van der Waals surface area contributed by atoms with Crippen LogP contribution in [0.4, 0.5) is 0 Å². The number of hydrogen-bond acceptors (Lipinski definition) is 0. The Morgan fingerprint density at radius 3 is 1.70 bits per heavy atom. The van der Waals surface area contributed by atoms with Crippen LogP contribution in [0.1, 0.15) is 0 Å². The minimum Gasteiger partial charge on any atom is -0.309 e. The standard InChI is InChI=1S/C42H26N2/c1-2-11-29(12-3-1)43-38-19-8-7-16-33(38)37-26-28(21-23-40(37)43)27-22-24-41-36(25-27)31-14-5-4-13-30(31)34-17-10-18-35-32-15-6-9-20-39(32)44(41)42(34)35/h1-26H. The SMILES string of the molecule is c1ccc(-n2c3ccccc3c3cc(-c4ccc5c(c4)-c4ccccc4-c4cccc6c7ccccc7n-5c46)ccc32)cc1. The Balaban J connectivity index is 1.25. The molecule has 0 spiro atoms. The normalized spacial score (nSPS) is 12.1. The molecule has 1 aliphatic rings. The number of aromatic nitrogens is 2. The molecule has 2 aromatic heterocycles. The number of hydrogen-bond donors (Lipinski definition) is 0. The first kappa shape index (κ1) is 23.7. The van der Waals surface area contributed by atoms with E-state index in [1.807, 2.05) is 0 Å². The summed E-state index contributed by atoms with van der Waals surface area (Å²) in [5.74, 6) is 0. The van der Waals surface area contributed by atoms with Gasteiger partial charge in [0.2, 0.25) is 0 Å². The first-order valence-electron chi connectivity index (χ1n) is 15.2. The van der Waals surface area contributed by atoms with Crippen molar-refractivity contribution in [3.05, 3.63) is 158 Å². The Morgan fingerprint density at radius 2 is 0.886 bits per heavy atom. The molecule has 0 N–H and O–H groups in total. The molecule has 0 saturated carbocycles. The molecule has 2 nitrogen and oxygen atoms in total. The summed E-state index contributed by atoms with van der Waals surface area (Å²) in [6, 6.07) is 57.8. The largest absolute Gasteiger partial charge is 0.309 e. The van der Waals surface area contributed by atoms with Crippen LogP contribution in [0.3, 0.4) is 0 Å². The lowest BCUT2D eigenvalue weighted by molar-refractivity contribution is 1.18. The zero-order valence-corrected chi connectivity index (χ0v) is 23.9. The molecule has 0 amide bonds. The summed E-state index contributed by atoms with van der Waals surface area (Å²) in [7, 11) is 0. The fraction of sp³-hybridized carbons (Fsp3) is 0. The molecule has 1 aliphatic heterocycles. The number of fused-ring (bicyclic) bond motifs is 11. The van der Waals surface area contributed by atoms with E-state index in [1.165, 1.54) is 88.4 Å². The Labute approximate surface area is 254 Å². The predicted molar refractivity (Wildman–Crippen MR) is 185 cm³/mol. The van der Waals surface area contributed by atoms with Crippen LogP contribution < -0.4 is 0 Å². The van der Waals surface area contributed by atoms with Crippen molar-refractivity contribution in [1.82, 2.24) is 9.13 Å². The Kier molecular flexibility index (Phi) is 4.75. The van der Waals surface area contributed by atoms with Gasteiger partial charge in [-0.25, -0.2) is 0 Å². The molecule has 0 bridgehead atoms. The van der Waals surface area contributed by atoms with Crippen LogP contribution in [0.15, 0.2) is 158 Å². The predicted octanol–water partition coefficient (Wildman–Crippen LogP) is 11.2. The topological polar surface area (TPSA) is 9.86 Å². The van der Waals surface area contributed by atoms with E-state index < -0.39 is 0 Å². The van der Waals surface area contributed by atoms with E-state index in [4.69, 9.17) is 0 Å². The summed E-state index contributed by atoms with van der Waals surface area (Å²) in [4.78, 5) is 0. The molecule has 0 aliphatic carbocycles. The molecule has 10 rings (SSSR count). The summed E-state index contributed by atoms with van der Waals surface area (Å²) in [5, 5.41) is 5.12. The van der Waals surface area contributed by atoms with E-state index in [2.05, 4.69) is 167 Å². The second-order valence-electron chi connectivity index (χ2n) is 11.8. The fourth-order valence-electron chi connectivity index (χ4n) is 7.57. The van der Waals surface area contributed by atoms with Gasteiger partial charge >= 0.3 is 0 Å². The quantitative estimate of drug-likeness (QED) is 0.200. The highest BCUT2D eigenvalue weighted by molar-refractivity contribution is 6.16. The lowest BCUT2D eigenvalue weighted by Gasteiger charge is -2.15. The first-order valence-corrected chi connectivity index (χ1v) is 15.2. The molecule has 3 heterocycles. The Bertz CT molecular complexity index is 2600. The van der Waals surface area contributed by atoms with Gasteiger partial charge < -0.3 is 9.13 Å². The maximum absolute atomic E-state index is 2.48. The van der Waals surface area contributed by atoms with Crippen molar-refractivity contribution in [3.8, 4) is 44.8 Å². The summed E-state index contributed by atoms with van der Waals surface area (Å²) < 4.78 is 4.86. The minimum absolute atomic E-state index is 1.18. The molecular weight excluding hydrogens is 532 g/mol. The third-order valence-electron chi connectivity index (χ3n) is 9.46. The van der Waals surface area contributed by atoms with Crippen molar-refractivity contribution in [2.45, 2.75) is 0 Å². The van der Waals surface area contributed by atoms with Crippen molar-refractivity contribution in [2.75, 3.05) is 0 Å². The second-order valence-corrected chi connectivity index (χ2v) is 11.8. The molecule has 0 atom stereocenters. The minimum atomic E-state index is 1.18. The molecule has 2 heteroatoms. The summed E-state index contributed by atoms with van der Waals surface area (Å²) >= 11 is 0. The first-order chi connectivity index (χ1) is 21.8. The Hall–Kier alpha value is -5.86. The average molecular weight is 559 g/mol. The van der Waals surface area contributed by atoms with Crippen molar-refractivity contribution in [3.63, 3.8) is 0 Å². The fourth-order valence-corrected chi connectivity index (χ4v) is 7.57. The summed E-state index contributed by atoms with van der Waals surface area (Å²) in [6.07, 6.45) is 0. The molecule has 0 unspecified atom stereocenters. The van der Waals surface area contributed by atoms with Gasteiger partial charge in [-0.05, 0) is 70.8 Å². The van der Waals surface area contributed by atoms with E-state index in [9.17, 15) is 0 Å². The van der Waals surface area contributed by atoms with Crippen LogP contribution in [-0.2, 0) is 0 Å². The van der Waals surface area contributed by atoms with Gasteiger partial charge in [0.05, 0.1) is 27.8 Å². The third kappa shape index (κ3) is 3.14. The van der Waals surface area contributed by atoms with E-state index >= 15 is 0 Å². The highest BCUT2D eigenvalue weighted by Crippen LogP contribution is 2.47. The van der Waals surface area contributed by atoms with Gasteiger partial charge in [0.25, 0.3) is 0 Å². The van der Waals surface area contributed by atoms with Gasteiger partial charge in [-0.2, -0.15) is 0 Å². The Morgan fingerprint density at radius 1 is 0.318 bits per heavy atom. The maximum atomic E-state index is 2.48. The second kappa shape index (κ2) is 8.82. The smallest absolute Gasteiger partial charge is 0.0619 e. The van der Waals surface area contributed by atoms with Crippen molar-refractivity contribution >= 4 is 43.6 Å². The molecule has 0 fully saturated rings. The van der Waals surface area contributed by atoms with Crippen LogP contribution in [0.25, 0.3) is 88.4 Å². The van der Waals surface area contributed by atoms with Crippen LogP contribution in [-0.4, -0.2) is 9.13 Å². The molecule has 9 aromatic rings. The van der Waals surface area contributed by atoms with Crippen molar-refractivity contribution in [1.29, 1.82) is 0 Å². The van der Waals surface area contributed by atoms with Crippen LogP contribution in [0.2, 0.25) is 0 Å². The molecule has 0 saturated heterocycles. The zero-order valence-electron chi connectivity index (χ0n) is 23.9. The zero-order chi connectivity index (χ0) is 28.8. The number of para-hydroxylation sites is 4. The molecule has 204 valence electrons. The van der Waals surface area contributed by atoms with Crippen molar-refractivity contribution in [2.24, 2.45) is 0 Å². The lowest BCUT2D eigenvalue weighted by atomic mass is 9.91. The van der Waals surface area contributed by atoms with Gasteiger partial charge in [0, 0.05) is 38.4 Å². The summed E-state index contributed by atoms with van der Waals surface area (Å²) in [6.45, 7) is 0. The van der Waals surface area contributed by atoms with Gasteiger partial charge in [0.1, 0.15) is 0 Å². The van der Waals surface area contributed by atoms with Crippen LogP contribution in [0.5, 0.6) is 0 Å². The van der Waals surface area contributed by atoms with E-state index in [0.717, 1.165) is 0 Å². The van der Waals surface area contributed by atoms with Gasteiger partial charge in [0.15, 0.2) is 0 Å². The highest BCUT2D eigenvalue weighted by atomic mass is 15.0. The molecule has 44 heavy (non-hydrogen) atoms. The molecule has 7 aromatic carbocycles.